The molecule has 0 saturated carbocycles. The number of hydrogen-bond donors (Lipinski definition) is 2. The van der Waals surface area contributed by atoms with E-state index < -0.39 is 18.1 Å². The lowest BCUT2D eigenvalue weighted by Gasteiger charge is -2.23. The van der Waals surface area contributed by atoms with Crippen molar-refractivity contribution in [2.75, 3.05) is 5.32 Å². The Balaban J connectivity index is 1.81. The first kappa shape index (κ1) is 21.2. The second-order valence-electron chi connectivity index (χ2n) is 7.43. The van der Waals surface area contributed by atoms with Gasteiger partial charge in [0.1, 0.15) is 11.3 Å². The molecule has 0 aliphatic heterocycles. The zero-order valence-electron chi connectivity index (χ0n) is 16.8. The second-order valence-corrected chi connectivity index (χ2v) is 7.43. The van der Waals surface area contributed by atoms with Crippen LogP contribution < -0.4 is 11.1 Å². The van der Waals surface area contributed by atoms with Gasteiger partial charge in [-0.3, -0.25) is 4.68 Å². The number of rotatable bonds is 7. The maximum Gasteiger partial charge on any atom is 0.405 e. The van der Waals surface area contributed by atoms with Gasteiger partial charge in [0.2, 0.25) is 5.95 Å². The van der Waals surface area contributed by atoms with Crippen LogP contribution in [0.3, 0.4) is 0 Å². The van der Waals surface area contributed by atoms with Crippen molar-refractivity contribution in [3.63, 3.8) is 0 Å². The lowest BCUT2D eigenvalue weighted by molar-refractivity contribution is 0.0299. The van der Waals surface area contributed by atoms with Gasteiger partial charge in [0.05, 0.1) is 12.7 Å². The number of hydrogen-bond acceptors (Lipinski definition) is 6. The molecule has 3 rings (SSSR count). The molecule has 0 bridgehead atoms. The fraction of sp³-hybridized carbons (Fsp3) is 0.300. The quantitative estimate of drug-likeness (QED) is 0.598. The number of primary amides is 1. The summed E-state index contributed by atoms with van der Waals surface area (Å²) < 4.78 is 32.5. The van der Waals surface area contributed by atoms with Crippen LogP contribution in [0, 0.1) is 6.92 Å². The number of nitrogens with two attached hydrogens (primary N) is 1. The number of carbonyl (C=O) groups excluding carboxylic acids is 1. The Morgan fingerprint density at radius 1 is 1.30 bits per heavy atom. The number of ether oxygens (including phenoxy) is 1. The Labute approximate surface area is 172 Å². The maximum absolute atomic E-state index is 12.9. The van der Waals surface area contributed by atoms with Crippen LogP contribution in [0.25, 0.3) is 11.1 Å². The highest BCUT2D eigenvalue weighted by atomic mass is 19.3. The molecule has 2 aromatic heterocycles. The SMILES string of the molecule is Cc1cc(Nc2nccc(C(F)F)n2)cc(-c2cnn(CC(C)(C)OC(N)=O)c2)c1. The van der Waals surface area contributed by atoms with Crippen LogP contribution in [-0.2, 0) is 11.3 Å². The highest BCUT2D eigenvalue weighted by Gasteiger charge is 2.23. The molecule has 8 nitrogen and oxygen atoms in total. The van der Waals surface area contributed by atoms with Crippen LogP contribution in [0.15, 0.2) is 42.9 Å². The molecule has 1 aromatic carbocycles. The number of halogens is 2. The molecular weight excluding hydrogens is 394 g/mol. The van der Waals surface area contributed by atoms with E-state index in [2.05, 4.69) is 20.4 Å². The maximum atomic E-state index is 12.9. The van der Waals surface area contributed by atoms with Gasteiger partial charge in [0.25, 0.3) is 6.43 Å². The van der Waals surface area contributed by atoms with Gasteiger partial charge in [-0.15, -0.1) is 0 Å². The van der Waals surface area contributed by atoms with Crippen molar-refractivity contribution in [1.29, 1.82) is 0 Å². The molecule has 0 saturated heterocycles. The third-order valence-corrected chi connectivity index (χ3v) is 4.12. The first-order chi connectivity index (χ1) is 14.1. The van der Waals surface area contributed by atoms with E-state index in [9.17, 15) is 13.6 Å². The summed E-state index contributed by atoms with van der Waals surface area (Å²) in [4.78, 5) is 18.8. The van der Waals surface area contributed by atoms with Crippen molar-refractivity contribution < 1.29 is 18.3 Å². The number of anilines is 2. The third-order valence-electron chi connectivity index (χ3n) is 4.12. The fourth-order valence-electron chi connectivity index (χ4n) is 3.00. The molecule has 30 heavy (non-hydrogen) atoms. The number of nitrogens with one attached hydrogen (secondary N) is 1. The molecule has 1 amide bonds. The van der Waals surface area contributed by atoms with E-state index in [1.54, 1.807) is 24.7 Å². The Morgan fingerprint density at radius 2 is 2.07 bits per heavy atom. The summed E-state index contributed by atoms with van der Waals surface area (Å²) in [6, 6.07) is 6.84. The average Bonchev–Trinajstić information content (AvgIpc) is 3.08. The average molecular weight is 416 g/mol. The van der Waals surface area contributed by atoms with E-state index in [4.69, 9.17) is 10.5 Å². The van der Waals surface area contributed by atoms with Gasteiger partial charge < -0.3 is 15.8 Å². The molecule has 10 heteroatoms. The summed E-state index contributed by atoms with van der Waals surface area (Å²) in [6.07, 6.45) is 1.27. The van der Waals surface area contributed by atoms with Crippen molar-refractivity contribution in [2.24, 2.45) is 5.73 Å². The lowest BCUT2D eigenvalue weighted by Crippen LogP contribution is -2.35. The van der Waals surface area contributed by atoms with Crippen LogP contribution >= 0.6 is 0 Å². The van der Waals surface area contributed by atoms with Crippen LogP contribution in [0.5, 0.6) is 0 Å². The molecule has 0 radical (unpaired) electrons. The molecule has 0 atom stereocenters. The first-order valence-electron chi connectivity index (χ1n) is 9.12. The lowest BCUT2D eigenvalue weighted by atomic mass is 10.1. The molecule has 0 fully saturated rings. The van der Waals surface area contributed by atoms with Crippen molar-refractivity contribution in [3.05, 3.63) is 54.1 Å². The molecule has 0 unspecified atom stereocenters. The molecule has 158 valence electrons. The van der Waals surface area contributed by atoms with Gasteiger partial charge in [0, 0.05) is 23.6 Å². The van der Waals surface area contributed by atoms with E-state index in [1.807, 2.05) is 31.3 Å². The van der Waals surface area contributed by atoms with Crippen molar-refractivity contribution in [2.45, 2.75) is 39.3 Å². The normalized spacial score (nSPS) is 11.5. The monoisotopic (exact) mass is 416 g/mol. The summed E-state index contributed by atoms with van der Waals surface area (Å²) in [5.41, 5.74) is 7.24. The number of nitrogens with zero attached hydrogens (tertiary/aromatic N) is 4. The molecule has 3 N–H and O–H groups in total. The van der Waals surface area contributed by atoms with Gasteiger partial charge in [-0.25, -0.2) is 23.5 Å². The molecule has 0 aliphatic carbocycles. The Morgan fingerprint density at radius 3 is 2.77 bits per heavy atom. The van der Waals surface area contributed by atoms with Gasteiger partial charge in [-0.1, -0.05) is 6.07 Å². The summed E-state index contributed by atoms with van der Waals surface area (Å²) in [7, 11) is 0. The second kappa shape index (κ2) is 8.44. The summed E-state index contributed by atoms with van der Waals surface area (Å²) in [5.74, 6) is 0.0883. The van der Waals surface area contributed by atoms with Crippen molar-refractivity contribution in [1.82, 2.24) is 19.7 Å². The fourth-order valence-corrected chi connectivity index (χ4v) is 3.00. The first-order valence-corrected chi connectivity index (χ1v) is 9.12. The van der Waals surface area contributed by atoms with Gasteiger partial charge in [-0.05, 0) is 50.1 Å². The summed E-state index contributed by atoms with van der Waals surface area (Å²) in [6.45, 7) is 5.71. The minimum Gasteiger partial charge on any atom is -0.442 e. The van der Waals surface area contributed by atoms with Gasteiger partial charge in [-0.2, -0.15) is 5.10 Å². The number of alkyl halides is 2. The smallest absolute Gasteiger partial charge is 0.405 e. The summed E-state index contributed by atoms with van der Waals surface area (Å²) >= 11 is 0. The molecule has 0 spiro atoms. The van der Waals surface area contributed by atoms with Crippen LogP contribution in [-0.4, -0.2) is 31.4 Å². The Hall–Kier alpha value is -3.56. The third kappa shape index (κ3) is 5.49. The van der Waals surface area contributed by atoms with E-state index in [0.717, 1.165) is 16.7 Å². The zero-order chi connectivity index (χ0) is 21.9. The van der Waals surface area contributed by atoms with E-state index >= 15 is 0 Å². The summed E-state index contributed by atoms with van der Waals surface area (Å²) in [5, 5.41) is 7.28. The van der Waals surface area contributed by atoms with Crippen LogP contribution in [0.1, 0.15) is 31.5 Å². The predicted octanol–water partition coefficient (Wildman–Crippen LogP) is 4.20. The minimum absolute atomic E-state index is 0.0883. The molecule has 0 aliphatic rings. The van der Waals surface area contributed by atoms with Gasteiger partial charge in [0.15, 0.2) is 0 Å². The number of carbonyl (C=O) groups is 1. The largest absolute Gasteiger partial charge is 0.442 e. The Kier molecular flexibility index (Phi) is 5.95. The van der Waals surface area contributed by atoms with Crippen LogP contribution in [0.4, 0.5) is 25.2 Å². The number of aryl methyl sites for hydroxylation is 1. The molecule has 2 heterocycles. The molecular formula is C20H22F2N6O2. The molecule has 3 aromatic rings. The number of benzene rings is 1. The number of amides is 1. The Bertz CT molecular complexity index is 1050. The number of aromatic nitrogens is 4. The zero-order valence-corrected chi connectivity index (χ0v) is 16.8. The van der Waals surface area contributed by atoms with E-state index in [0.29, 0.717) is 12.2 Å². The van der Waals surface area contributed by atoms with Gasteiger partial charge >= 0.3 is 6.09 Å². The minimum atomic E-state index is -2.67. The standard InChI is InChI=1S/C20H22F2N6O2/c1-12-6-13(14-9-25-28(10-14)11-20(2,3)30-18(23)29)8-15(7-12)26-19-24-5-4-16(27-19)17(21)22/h4-10,17H,11H2,1-3H3,(H2,23,29)(H,24,26,27). The predicted molar refractivity (Wildman–Crippen MR) is 107 cm³/mol. The van der Waals surface area contributed by atoms with E-state index in [-0.39, 0.29) is 11.6 Å². The van der Waals surface area contributed by atoms with E-state index in [1.165, 1.54) is 12.3 Å². The van der Waals surface area contributed by atoms with Crippen molar-refractivity contribution >= 4 is 17.7 Å². The highest BCUT2D eigenvalue weighted by molar-refractivity contribution is 5.70. The topological polar surface area (TPSA) is 108 Å². The van der Waals surface area contributed by atoms with Crippen LogP contribution in [0.2, 0.25) is 0 Å². The van der Waals surface area contributed by atoms with Crippen molar-refractivity contribution in [3.8, 4) is 11.1 Å². The highest BCUT2D eigenvalue weighted by Crippen LogP contribution is 2.27.